The highest BCUT2D eigenvalue weighted by Crippen LogP contribution is 2.17. The first kappa shape index (κ1) is 13.8. The van der Waals surface area contributed by atoms with Crippen molar-refractivity contribution in [3.63, 3.8) is 0 Å². The molecule has 1 aromatic heterocycles. The van der Waals surface area contributed by atoms with Gasteiger partial charge in [0.15, 0.2) is 0 Å². The Morgan fingerprint density at radius 3 is 2.71 bits per heavy atom. The number of furan rings is 1. The molecule has 4 heteroatoms. The minimum atomic E-state index is 0.0643. The van der Waals surface area contributed by atoms with Crippen molar-refractivity contribution in [2.24, 2.45) is 5.92 Å². The monoisotopic (exact) mass is 238 g/mol. The second kappa shape index (κ2) is 6.45. The molecule has 1 amide bonds. The van der Waals surface area contributed by atoms with Gasteiger partial charge in [-0.25, -0.2) is 0 Å². The fourth-order valence-electron chi connectivity index (χ4n) is 1.58. The molecule has 0 aliphatic heterocycles. The fraction of sp³-hybridized carbons (Fsp3) is 0.615. The normalized spacial score (nSPS) is 14.6. The molecule has 1 heterocycles. The summed E-state index contributed by atoms with van der Waals surface area (Å²) < 4.78 is 5.38. The number of amides is 1. The SMILES string of the molecule is CC[C@@H](C)C(=O)NC[C@@H](c1ccco1)N(C)C. The van der Waals surface area contributed by atoms with Crippen LogP contribution in [0.1, 0.15) is 32.1 Å². The minimum absolute atomic E-state index is 0.0643. The maximum atomic E-state index is 11.7. The van der Waals surface area contributed by atoms with E-state index in [4.69, 9.17) is 4.42 Å². The number of nitrogens with one attached hydrogen (secondary N) is 1. The maximum Gasteiger partial charge on any atom is 0.222 e. The zero-order valence-corrected chi connectivity index (χ0v) is 11.1. The van der Waals surface area contributed by atoms with Gasteiger partial charge in [0.1, 0.15) is 5.76 Å². The predicted molar refractivity (Wildman–Crippen MR) is 67.6 cm³/mol. The summed E-state index contributed by atoms with van der Waals surface area (Å²) in [6, 6.07) is 3.88. The van der Waals surface area contributed by atoms with Gasteiger partial charge < -0.3 is 9.73 Å². The van der Waals surface area contributed by atoms with E-state index < -0.39 is 0 Å². The van der Waals surface area contributed by atoms with E-state index in [0.29, 0.717) is 6.54 Å². The highest BCUT2D eigenvalue weighted by atomic mass is 16.3. The van der Waals surface area contributed by atoms with Gasteiger partial charge in [-0.15, -0.1) is 0 Å². The second-order valence-corrected chi connectivity index (χ2v) is 4.55. The quantitative estimate of drug-likeness (QED) is 0.825. The number of nitrogens with zero attached hydrogens (tertiary/aromatic N) is 1. The molecule has 0 aliphatic carbocycles. The maximum absolute atomic E-state index is 11.7. The summed E-state index contributed by atoms with van der Waals surface area (Å²) in [5.74, 6) is 1.04. The van der Waals surface area contributed by atoms with Crippen LogP contribution in [0, 0.1) is 5.92 Å². The number of carbonyl (C=O) groups is 1. The lowest BCUT2D eigenvalue weighted by molar-refractivity contribution is -0.124. The van der Waals surface area contributed by atoms with Crippen LogP contribution in [0.2, 0.25) is 0 Å². The van der Waals surface area contributed by atoms with Gasteiger partial charge in [0, 0.05) is 12.5 Å². The Balaban J connectivity index is 2.55. The average molecular weight is 238 g/mol. The third kappa shape index (κ3) is 3.89. The van der Waals surface area contributed by atoms with Gasteiger partial charge in [0.25, 0.3) is 0 Å². The van der Waals surface area contributed by atoms with Crippen molar-refractivity contribution in [3.05, 3.63) is 24.2 Å². The molecule has 0 fully saturated rings. The molecule has 0 saturated heterocycles. The van der Waals surface area contributed by atoms with Crippen LogP contribution < -0.4 is 5.32 Å². The van der Waals surface area contributed by atoms with Crippen molar-refractivity contribution in [1.82, 2.24) is 10.2 Å². The number of hydrogen-bond acceptors (Lipinski definition) is 3. The molecule has 0 radical (unpaired) electrons. The molecule has 1 rings (SSSR count). The molecule has 17 heavy (non-hydrogen) atoms. The van der Waals surface area contributed by atoms with Gasteiger partial charge in [0.05, 0.1) is 12.3 Å². The van der Waals surface area contributed by atoms with Crippen LogP contribution in [-0.4, -0.2) is 31.4 Å². The van der Waals surface area contributed by atoms with Gasteiger partial charge in [-0.2, -0.15) is 0 Å². The van der Waals surface area contributed by atoms with E-state index in [0.717, 1.165) is 12.2 Å². The van der Waals surface area contributed by atoms with Crippen molar-refractivity contribution in [3.8, 4) is 0 Å². The van der Waals surface area contributed by atoms with Crippen LogP contribution in [0.15, 0.2) is 22.8 Å². The summed E-state index contributed by atoms with van der Waals surface area (Å²) in [7, 11) is 3.95. The first-order valence-corrected chi connectivity index (χ1v) is 6.03. The topological polar surface area (TPSA) is 45.5 Å². The van der Waals surface area contributed by atoms with Gasteiger partial charge in [0.2, 0.25) is 5.91 Å². The predicted octanol–water partition coefficient (Wildman–Crippen LogP) is 2.04. The Morgan fingerprint density at radius 2 is 2.24 bits per heavy atom. The molecule has 4 nitrogen and oxygen atoms in total. The Morgan fingerprint density at radius 1 is 1.53 bits per heavy atom. The molecule has 0 saturated carbocycles. The lowest BCUT2D eigenvalue weighted by Crippen LogP contribution is -2.36. The fourth-order valence-corrected chi connectivity index (χ4v) is 1.58. The summed E-state index contributed by atoms with van der Waals surface area (Å²) in [6.07, 6.45) is 2.52. The Hall–Kier alpha value is -1.29. The number of hydrogen-bond donors (Lipinski definition) is 1. The zero-order chi connectivity index (χ0) is 12.8. The summed E-state index contributed by atoms with van der Waals surface area (Å²) in [4.78, 5) is 13.7. The highest BCUT2D eigenvalue weighted by molar-refractivity contribution is 5.78. The van der Waals surface area contributed by atoms with E-state index in [1.54, 1.807) is 6.26 Å². The van der Waals surface area contributed by atoms with Crippen molar-refractivity contribution in [2.45, 2.75) is 26.3 Å². The molecule has 0 aliphatic rings. The number of likely N-dealkylation sites (N-methyl/N-ethyl adjacent to an activating group) is 1. The van der Waals surface area contributed by atoms with Crippen LogP contribution in [0.4, 0.5) is 0 Å². The first-order valence-electron chi connectivity index (χ1n) is 6.03. The first-order chi connectivity index (χ1) is 8.06. The largest absolute Gasteiger partial charge is 0.468 e. The van der Waals surface area contributed by atoms with Crippen LogP contribution in [0.5, 0.6) is 0 Å². The standard InChI is InChI=1S/C13H22N2O2/c1-5-10(2)13(16)14-9-11(15(3)4)12-7-6-8-17-12/h6-8,10-11H,5,9H2,1-4H3,(H,14,16)/t10-,11+/m1/s1. The smallest absolute Gasteiger partial charge is 0.222 e. The molecule has 0 bridgehead atoms. The molecule has 1 N–H and O–H groups in total. The summed E-state index contributed by atoms with van der Waals surface area (Å²) >= 11 is 0. The molecule has 0 aromatic carbocycles. The number of carbonyl (C=O) groups excluding carboxylic acids is 1. The Labute approximate surface area is 103 Å². The third-order valence-corrected chi connectivity index (χ3v) is 3.02. The minimum Gasteiger partial charge on any atom is -0.468 e. The van der Waals surface area contributed by atoms with E-state index in [-0.39, 0.29) is 17.9 Å². The van der Waals surface area contributed by atoms with Crippen molar-refractivity contribution < 1.29 is 9.21 Å². The van der Waals surface area contributed by atoms with Crippen LogP contribution in [-0.2, 0) is 4.79 Å². The molecule has 2 atom stereocenters. The van der Waals surface area contributed by atoms with E-state index >= 15 is 0 Å². The highest BCUT2D eigenvalue weighted by Gasteiger charge is 2.19. The van der Waals surface area contributed by atoms with Gasteiger partial charge in [-0.3, -0.25) is 9.69 Å². The Bertz CT molecular complexity index is 333. The average Bonchev–Trinajstić information content (AvgIpc) is 2.81. The van der Waals surface area contributed by atoms with E-state index in [9.17, 15) is 4.79 Å². The molecular formula is C13H22N2O2. The van der Waals surface area contributed by atoms with Crippen molar-refractivity contribution >= 4 is 5.91 Å². The summed E-state index contributed by atoms with van der Waals surface area (Å²) in [6.45, 7) is 4.52. The Kier molecular flexibility index (Phi) is 5.22. The molecule has 0 unspecified atom stereocenters. The van der Waals surface area contributed by atoms with E-state index in [2.05, 4.69) is 5.32 Å². The van der Waals surface area contributed by atoms with Crippen LogP contribution in [0.3, 0.4) is 0 Å². The van der Waals surface area contributed by atoms with Gasteiger partial charge in [-0.05, 0) is 32.6 Å². The van der Waals surface area contributed by atoms with E-state index in [1.807, 2.05) is 45.0 Å². The molecule has 0 spiro atoms. The van der Waals surface area contributed by atoms with E-state index in [1.165, 1.54) is 0 Å². The summed E-state index contributed by atoms with van der Waals surface area (Å²) in [5, 5.41) is 2.96. The zero-order valence-electron chi connectivity index (χ0n) is 11.1. The third-order valence-electron chi connectivity index (χ3n) is 3.02. The lowest BCUT2D eigenvalue weighted by Gasteiger charge is -2.23. The second-order valence-electron chi connectivity index (χ2n) is 4.55. The molecular weight excluding hydrogens is 216 g/mol. The molecule has 96 valence electrons. The molecule has 1 aromatic rings. The van der Waals surface area contributed by atoms with Crippen LogP contribution in [0.25, 0.3) is 0 Å². The lowest BCUT2D eigenvalue weighted by atomic mass is 10.1. The summed E-state index contributed by atoms with van der Waals surface area (Å²) in [5.41, 5.74) is 0. The van der Waals surface area contributed by atoms with Gasteiger partial charge in [-0.1, -0.05) is 13.8 Å². The van der Waals surface area contributed by atoms with Crippen molar-refractivity contribution in [2.75, 3.05) is 20.6 Å². The van der Waals surface area contributed by atoms with Gasteiger partial charge >= 0.3 is 0 Å². The number of rotatable bonds is 6. The van der Waals surface area contributed by atoms with Crippen molar-refractivity contribution in [1.29, 1.82) is 0 Å². The van der Waals surface area contributed by atoms with Crippen LogP contribution >= 0.6 is 0 Å².